The Labute approximate surface area is 154 Å². The number of primary amides is 3. The van der Waals surface area contributed by atoms with Gasteiger partial charge in [-0.2, -0.15) is 0 Å². The average Bonchev–Trinajstić information content (AvgIpc) is 2.59. The molecule has 0 saturated heterocycles. The van der Waals surface area contributed by atoms with E-state index in [9.17, 15) is 19.2 Å². The van der Waals surface area contributed by atoms with Gasteiger partial charge in [-0.25, -0.2) is 0 Å². The van der Waals surface area contributed by atoms with Gasteiger partial charge in [0.15, 0.2) is 0 Å². The van der Waals surface area contributed by atoms with Crippen LogP contribution in [0.25, 0.3) is 10.8 Å². The van der Waals surface area contributed by atoms with Crippen LogP contribution < -0.4 is 22.5 Å². The van der Waals surface area contributed by atoms with Crippen LogP contribution in [0.4, 0.5) is 0 Å². The smallest absolute Gasteiger partial charge is 0.257 e. The fourth-order valence-corrected chi connectivity index (χ4v) is 2.82. The molecule has 0 radical (unpaired) electrons. The van der Waals surface area contributed by atoms with Crippen LogP contribution >= 0.6 is 0 Å². The summed E-state index contributed by atoms with van der Waals surface area (Å²) in [5, 5.41) is 10.1. The Morgan fingerprint density at radius 1 is 0.815 bits per heavy atom. The SMILES string of the molecule is CCCC(=N)NC(=O)c1ccc(C(N)=O)c2c(C(N)=O)ccc(C(N)=O)c12. The summed E-state index contributed by atoms with van der Waals surface area (Å²) in [5.74, 6) is -3.29. The third-order valence-electron chi connectivity index (χ3n) is 3.97. The Morgan fingerprint density at radius 3 is 1.56 bits per heavy atom. The highest BCUT2D eigenvalue weighted by atomic mass is 16.2. The van der Waals surface area contributed by atoms with Crippen molar-refractivity contribution in [3.8, 4) is 0 Å². The van der Waals surface area contributed by atoms with Crippen LogP contribution in [-0.2, 0) is 0 Å². The van der Waals surface area contributed by atoms with Gasteiger partial charge in [0.05, 0.1) is 5.84 Å². The number of nitrogens with two attached hydrogens (primary N) is 3. The number of amides is 4. The summed E-state index contributed by atoms with van der Waals surface area (Å²) in [6.45, 7) is 1.85. The molecule has 0 aromatic heterocycles. The Hall–Kier alpha value is -3.75. The minimum absolute atomic E-state index is 0.0127. The first-order chi connectivity index (χ1) is 12.7. The van der Waals surface area contributed by atoms with Gasteiger partial charge in [0.1, 0.15) is 0 Å². The molecule has 0 aliphatic carbocycles. The second-order valence-corrected chi connectivity index (χ2v) is 5.85. The van der Waals surface area contributed by atoms with E-state index in [0.29, 0.717) is 12.8 Å². The second-order valence-electron chi connectivity index (χ2n) is 5.85. The van der Waals surface area contributed by atoms with E-state index < -0.39 is 23.6 Å². The number of nitrogens with one attached hydrogen (secondary N) is 2. The van der Waals surface area contributed by atoms with Crippen LogP contribution in [0.5, 0.6) is 0 Å². The average molecular weight is 369 g/mol. The molecule has 2 aromatic rings. The molecule has 27 heavy (non-hydrogen) atoms. The largest absolute Gasteiger partial charge is 0.366 e. The van der Waals surface area contributed by atoms with Crippen molar-refractivity contribution in [1.29, 1.82) is 5.41 Å². The molecule has 0 saturated carbocycles. The lowest BCUT2D eigenvalue weighted by atomic mass is 9.90. The molecule has 2 rings (SSSR count). The van der Waals surface area contributed by atoms with E-state index >= 15 is 0 Å². The number of fused-ring (bicyclic) bond motifs is 1. The highest BCUT2D eigenvalue weighted by Crippen LogP contribution is 2.30. The van der Waals surface area contributed by atoms with Crippen molar-refractivity contribution in [3.05, 3.63) is 46.5 Å². The van der Waals surface area contributed by atoms with Crippen molar-refractivity contribution >= 4 is 40.2 Å². The standard InChI is InChI=1S/C18H19N5O4/c1-2-3-12(19)23-18(27)11-7-6-9(16(21)25)13-8(15(20)24)4-5-10(14(11)13)17(22)26/h4-7H,2-3H2,1H3,(H2,20,24)(H2,21,25)(H2,22,26)(H2,19,23,27). The Balaban J connectivity index is 2.88. The molecule has 0 spiro atoms. The van der Waals surface area contributed by atoms with E-state index in [2.05, 4.69) is 5.32 Å². The number of carbonyl (C=O) groups excluding carboxylic acids is 4. The number of benzene rings is 2. The number of rotatable bonds is 6. The predicted octanol–water partition coefficient (Wildman–Crippen LogP) is 0.644. The topological polar surface area (TPSA) is 182 Å². The van der Waals surface area contributed by atoms with Crippen molar-refractivity contribution in [3.63, 3.8) is 0 Å². The van der Waals surface area contributed by atoms with Gasteiger partial charge in [0.25, 0.3) is 5.91 Å². The summed E-state index contributed by atoms with van der Waals surface area (Å²) in [6, 6.07) is 5.05. The molecule has 0 bridgehead atoms. The highest BCUT2D eigenvalue weighted by Gasteiger charge is 2.23. The van der Waals surface area contributed by atoms with Gasteiger partial charge in [-0.1, -0.05) is 6.92 Å². The predicted molar refractivity (Wildman–Crippen MR) is 99.6 cm³/mol. The maximum absolute atomic E-state index is 12.6. The molecule has 0 atom stereocenters. The quantitative estimate of drug-likeness (QED) is 0.370. The van der Waals surface area contributed by atoms with E-state index in [1.54, 1.807) is 0 Å². The minimum atomic E-state index is -0.866. The minimum Gasteiger partial charge on any atom is -0.366 e. The summed E-state index contributed by atoms with van der Waals surface area (Å²) in [7, 11) is 0. The molecule has 0 aliphatic heterocycles. The van der Waals surface area contributed by atoms with Gasteiger partial charge in [-0.05, 0) is 30.7 Å². The normalized spacial score (nSPS) is 10.4. The molecular weight excluding hydrogens is 350 g/mol. The number of hydrogen-bond acceptors (Lipinski definition) is 5. The number of carbonyl (C=O) groups is 4. The molecule has 4 amide bonds. The maximum atomic E-state index is 12.6. The van der Waals surface area contributed by atoms with Crippen LogP contribution in [0.15, 0.2) is 24.3 Å². The molecule has 9 heteroatoms. The Morgan fingerprint density at radius 2 is 1.19 bits per heavy atom. The van der Waals surface area contributed by atoms with Gasteiger partial charge in [0, 0.05) is 39.4 Å². The molecular formula is C18H19N5O4. The van der Waals surface area contributed by atoms with E-state index in [-0.39, 0.29) is 38.9 Å². The fourth-order valence-electron chi connectivity index (χ4n) is 2.82. The molecule has 0 unspecified atom stereocenters. The molecule has 0 heterocycles. The van der Waals surface area contributed by atoms with Crippen molar-refractivity contribution in [2.45, 2.75) is 19.8 Å². The van der Waals surface area contributed by atoms with Crippen LogP contribution in [0.1, 0.15) is 61.2 Å². The van der Waals surface area contributed by atoms with E-state index in [1.807, 2.05) is 6.92 Å². The summed E-state index contributed by atoms with van der Waals surface area (Å²) in [5.41, 5.74) is 15.9. The third-order valence-corrected chi connectivity index (χ3v) is 3.97. The van der Waals surface area contributed by atoms with Crippen molar-refractivity contribution < 1.29 is 19.2 Å². The maximum Gasteiger partial charge on any atom is 0.257 e. The zero-order valence-electron chi connectivity index (χ0n) is 14.6. The monoisotopic (exact) mass is 369 g/mol. The summed E-state index contributed by atoms with van der Waals surface area (Å²) >= 11 is 0. The van der Waals surface area contributed by atoms with E-state index in [1.165, 1.54) is 24.3 Å². The van der Waals surface area contributed by atoms with Crippen molar-refractivity contribution in [2.75, 3.05) is 0 Å². The lowest BCUT2D eigenvalue weighted by Crippen LogP contribution is -2.30. The lowest BCUT2D eigenvalue weighted by molar-refractivity contribution is 0.0970. The van der Waals surface area contributed by atoms with E-state index in [4.69, 9.17) is 22.6 Å². The Bertz CT molecular complexity index is 977. The van der Waals surface area contributed by atoms with Crippen LogP contribution in [0.3, 0.4) is 0 Å². The second kappa shape index (κ2) is 7.65. The van der Waals surface area contributed by atoms with Gasteiger partial charge >= 0.3 is 0 Å². The summed E-state index contributed by atoms with van der Waals surface area (Å²) in [6.07, 6.45) is 0.997. The van der Waals surface area contributed by atoms with E-state index in [0.717, 1.165) is 0 Å². The van der Waals surface area contributed by atoms with Gasteiger partial charge in [-0.3, -0.25) is 24.6 Å². The summed E-state index contributed by atoms with van der Waals surface area (Å²) in [4.78, 5) is 48.2. The Kier molecular flexibility index (Phi) is 5.54. The number of hydrogen-bond donors (Lipinski definition) is 5. The zero-order valence-corrected chi connectivity index (χ0v) is 14.6. The fraction of sp³-hybridized carbons (Fsp3) is 0.167. The molecule has 0 fully saturated rings. The first-order valence-electron chi connectivity index (χ1n) is 8.06. The molecule has 9 nitrogen and oxygen atoms in total. The van der Waals surface area contributed by atoms with Crippen molar-refractivity contribution in [1.82, 2.24) is 5.32 Å². The third kappa shape index (κ3) is 3.76. The molecule has 0 aliphatic rings. The first-order valence-corrected chi connectivity index (χ1v) is 8.06. The molecule has 140 valence electrons. The van der Waals surface area contributed by atoms with Crippen molar-refractivity contribution in [2.24, 2.45) is 17.2 Å². The van der Waals surface area contributed by atoms with Crippen LogP contribution in [0, 0.1) is 5.41 Å². The van der Waals surface area contributed by atoms with Gasteiger partial charge in [-0.15, -0.1) is 0 Å². The highest BCUT2D eigenvalue weighted by molar-refractivity contribution is 6.25. The molecule has 8 N–H and O–H groups in total. The van der Waals surface area contributed by atoms with Gasteiger partial charge in [0.2, 0.25) is 17.7 Å². The van der Waals surface area contributed by atoms with Crippen LogP contribution in [0.2, 0.25) is 0 Å². The zero-order chi connectivity index (χ0) is 20.3. The summed E-state index contributed by atoms with van der Waals surface area (Å²) < 4.78 is 0. The van der Waals surface area contributed by atoms with Crippen LogP contribution in [-0.4, -0.2) is 29.5 Å². The molecule has 2 aromatic carbocycles. The first kappa shape index (κ1) is 19.6. The van der Waals surface area contributed by atoms with Gasteiger partial charge < -0.3 is 22.5 Å². The lowest BCUT2D eigenvalue weighted by Gasteiger charge is -2.15. The number of amidine groups is 1.